The van der Waals surface area contributed by atoms with Crippen molar-refractivity contribution in [3.8, 4) is 0 Å². The first-order valence-electron chi connectivity index (χ1n) is 6.55. The molecular weight excluding hydrogens is 254 g/mol. The van der Waals surface area contributed by atoms with Crippen molar-refractivity contribution < 1.29 is 0 Å². The Bertz CT molecular complexity index is 565. The highest BCUT2D eigenvalue weighted by molar-refractivity contribution is 6.30. The topological polar surface area (TPSA) is 26.0 Å². The molecule has 2 N–H and O–H groups in total. The van der Waals surface area contributed by atoms with Crippen molar-refractivity contribution in [2.75, 3.05) is 6.54 Å². The zero-order chi connectivity index (χ0) is 13.9. The maximum Gasteiger partial charge on any atom is 0.0408 e. The molecule has 0 aliphatic carbocycles. The van der Waals surface area contributed by atoms with Crippen LogP contribution >= 0.6 is 11.6 Å². The first kappa shape index (κ1) is 14.1. The minimum Gasteiger partial charge on any atom is -0.330 e. The first-order valence-corrected chi connectivity index (χ1v) is 6.93. The molecule has 0 aromatic heterocycles. The Hall–Kier alpha value is -1.31. The Morgan fingerprint density at radius 3 is 2.47 bits per heavy atom. The first-order chi connectivity index (χ1) is 9.03. The van der Waals surface area contributed by atoms with Crippen LogP contribution in [0.3, 0.4) is 0 Å². The van der Waals surface area contributed by atoms with Crippen LogP contribution in [0.15, 0.2) is 48.5 Å². The van der Waals surface area contributed by atoms with Gasteiger partial charge in [0.25, 0.3) is 0 Å². The monoisotopic (exact) mass is 273 g/mol. The molecule has 0 heterocycles. The van der Waals surface area contributed by atoms with Crippen LogP contribution in [0.4, 0.5) is 0 Å². The Labute approximate surface area is 120 Å². The number of benzene rings is 2. The molecule has 100 valence electrons. The van der Waals surface area contributed by atoms with E-state index in [1.165, 1.54) is 16.7 Å². The summed E-state index contributed by atoms with van der Waals surface area (Å²) in [5.74, 6) is 0. The van der Waals surface area contributed by atoms with Gasteiger partial charge in [0.2, 0.25) is 0 Å². The van der Waals surface area contributed by atoms with Crippen LogP contribution in [-0.4, -0.2) is 6.54 Å². The predicted molar refractivity (Wildman–Crippen MR) is 82.7 cm³/mol. The summed E-state index contributed by atoms with van der Waals surface area (Å²) in [4.78, 5) is 0. The summed E-state index contributed by atoms with van der Waals surface area (Å²) >= 11 is 6.06. The van der Waals surface area contributed by atoms with Crippen LogP contribution in [0.1, 0.15) is 23.6 Å². The molecule has 19 heavy (non-hydrogen) atoms. The maximum absolute atomic E-state index is 6.06. The van der Waals surface area contributed by atoms with E-state index in [-0.39, 0.29) is 5.41 Å². The second kappa shape index (κ2) is 5.77. The number of rotatable bonds is 4. The highest BCUT2D eigenvalue weighted by atomic mass is 35.5. The van der Waals surface area contributed by atoms with Gasteiger partial charge >= 0.3 is 0 Å². The van der Waals surface area contributed by atoms with Crippen molar-refractivity contribution >= 4 is 11.6 Å². The number of hydrogen-bond acceptors (Lipinski definition) is 1. The summed E-state index contributed by atoms with van der Waals surface area (Å²) in [6.07, 6.45) is 0.896. The second-order valence-electron chi connectivity index (χ2n) is 5.44. The Morgan fingerprint density at radius 2 is 1.84 bits per heavy atom. The molecule has 0 saturated carbocycles. The average Bonchev–Trinajstić information content (AvgIpc) is 2.38. The molecule has 1 unspecified atom stereocenters. The summed E-state index contributed by atoms with van der Waals surface area (Å²) in [6.45, 7) is 4.94. The Kier molecular flexibility index (Phi) is 4.28. The van der Waals surface area contributed by atoms with Gasteiger partial charge in [-0.25, -0.2) is 0 Å². The van der Waals surface area contributed by atoms with Gasteiger partial charge in [0.05, 0.1) is 0 Å². The van der Waals surface area contributed by atoms with E-state index in [4.69, 9.17) is 17.3 Å². The fraction of sp³-hybridized carbons (Fsp3) is 0.294. The molecule has 0 fully saturated rings. The van der Waals surface area contributed by atoms with Gasteiger partial charge in [-0.1, -0.05) is 60.5 Å². The molecule has 2 aromatic rings. The van der Waals surface area contributed by atoms with Gasteiger partial charge in [0.15, 0.2) is 0 Å². The molecule has 2 rings (SSSR count). The van der Waals surface area contributed by atoms with Gasteiger partial charge in [0.1, 0.15) is 0 Å². The van der Waals surface area contributed by atoms with E-state index in [1.54, 1.807) is 0 Å². The van der Waals surface area contributed by atoms with Crippen molar-refractivity contribution in [1.82, 2.24) is 0 Å². The van der Waals surface area contributed by atoms with Gasteiger partial charge in [-0.15, -0.1) is 0 Å². The molecule has 1 atom stereocenters. The molecule has 0 aliphatic rings. The Balaban J connectivity index is 2.32. The summed E-state index contributed by atoms with van der Waals surface area (Å²) < 4.78 is 0. The third-order valence-corrected chi connectivity index (χ3v) is 3.88. The normalized spacial score (nSPS) is 14.1. The lowest BCUT2D eigenvalue weighted by molar-refractivity contribution is 0.481. The zero-order valence-corrected chi connectivity index (χ0v) is 12.2. The van der Waals surface area contributed by atoms with E-state index >= 15 is 0 Å². The lowest BCUT2D eigenvalue weighted by atomic mass is 9.77. The van der Waals surface area contributed by atoms with Crippen LogP contribution in [0.25, 0.3) is 0 Å². The standard InChI is InChI=1S/C17H20ClN/c1-13-5-3-7-15(9-13)17(2,12-19)11-14-6-4-8-16(18)10-14/h3-10H,11-12,19H2,1-2H3. The smallest absolute Gasteiger partial charge is 0.0408 e. The van der Waals surface area contributed by atoms with Crippen molar-refractivity contribution in [2.24, 2.45) is 5.73 Å². The van der Waals surface area contributed by atoms with Crippen LogP contribution in [0.2, 0.25) is 5.02 Å². The molecule has 0 saturated heterocycles. The van der Waals surface area contributed by atoms with E-state index in [1.807, 2.05) is 18.2 Å². The van der Waals surface area contributed by atoms with Crippen LogP contribution in [-0.2, 0) is 11.8 Å². The van der Waals surface area contributed by atoms with Crippen LogP contribution < -0.4 is 5.73 Å². The zero-order valence-electron chi connectivity index (χ0n) is 11.5. The number of nitrogens with two attached hydrogens (primary N) is 1. The van der Waals surface area contributed by atoms with Gasteiger partial charge in [-0.3, -0.25) is 0 Å². The van der Waals surface area contributed by atoms with Crippen LogP contribution in [0, 0.1) is 6.92 Å². The minimum absolute atomic E-state index is 0.0588. The van der Waals surface area contributed by atoms with Gasteiger partial charge in [-0.2, -0.15) is 0 Å². The molecule has 0 bridgehead atoms. The van der Waals surface area contributed by atoms with E-state index in [2.05, 4.69) is 44.2 Å². The molecule has 1 nitrogen and oxygen atoms in total. The number of aryl methyl sites for hydroxylation is 1. The van der Waals surface area contributed by atoms with Crippen molar-refractivity contribution in [1.29, 1.82) is 0 Å². The van der Waals surface area contributed by atoms with Crippen molar-refractivity contribution in [2.45, 2.75) is 25.7 Å². The quantitative estimate of drug-likeness (QED) is 0.891. The van der Waals surface area contributed by atoms with E-state index in [0.29, 0.717) is 6.54 Å². The third kappa shape index (κ3) is 3.37. The number of halogens is 1. The summed E-state index contributed by atoms with van der Waals surface area (Å²) in [6, 6.07) is 16.6. The molecule has 0 spiro atoms. The highest BCUT2D eigenvalue weighted by Crippen LogP contribution is 2.28. The fourth-order valence-electron chi connectivity index (χ4n) is 2.41. The van der Waals surface area contributed by atoms with E-state index in [0.717, 1.165) is 11.4 Å². The van der Waals surface area contributed by atoms with E-state index in [9.17, 15) is 0 Å². The predicted octanol–water partition coefficient (Wildman–Crippen LogP) is 4.11. The summed E-state index contributed by atoms with van der Waals surface area (Å²) in [5.41, 5.74) is 9.76. The molecule has 0 radical (unpaired) electrons. The van der Waals surface area contributed by atoms with Gasteiger partial charge in [0, 0.05) is 17.0 Å². The molecule has 2 heteroatoms. The van der Waals surface area contributed by atoms with Crippen molar-refractivity contribution in [3.05, 3.63) is 70.2 Å². The van der Waals surface area contributed by atoms with Gasteiger partial charge in [-0.05, 0) is 36.6 Å². The molecule has 2 aromatic carbocycles. The summed E-state index contributed by atoms with van der Waals surface area (Å²) in [5, 5.41) is 0.779. The SMILES string of the molecule is Cc1cccc(C(C)(CN)Cc2cccc(Cl)c2)c1. The van der Waals surface area contributed by atoms with E-state index < -0.39 is 0 Å². The largest absolute Gasteiger partial charge is 0.330 e. The molecule has 0 aliphatic heterocycles. The maximum atomic E-state index is 6.06. The van der Waals surface area contributed by atoms with Crippen molar-refractivity contribution in [3.63, 3.8) is 0 Å². The highest BCUT2D eigenvalue weighted by Gasteiger charge is 2.25. The minimum atomic E-state index is -0.0588. The Morgan fingerprint density at radius 1 is 1.11 bits per heavy atom. The molecular formula is C17H20ClN. The average molecular weight is 274 g/mol. The lowest BCUT2D eigenvalue weighted by Crippen LogP contribution is -2.34. The fourth-order valence-corrected chi connectivity index (χ4v) is 2.62. The lowest BCUT2D eigenvalue weighted by Gasteiger charge is -2.29. The molecule has 0 amide bonds. The number of hydrogen-bond donors (Lipinski definition) is 1. The summed E-state index contributed by atoms with van der Waals surface area (Å²) in [7, 11) is 0. The van der Waals surface area contributed by atoms with Gasteiger partial charge < -0.3 is 5.73 Å². The third-order valence-electron chi connectivity index (χ3n) is 3.65. The van der Waals surface area contributed by atoms with Crippen LogP contribution in [0.5, 0.6) is 0 Å². The second-order valence-corrected chi connectivity index (χ2v) is 5.88.